The lowest BCUT2D eigenvalue weighted by molar-refractivity contribution is -0.121. The van der Waals surface area contributed by atoms with Crippen LogP contribution in [0.4, 0.5) is 4.79 Å². The molecule has 5 saturated carbocycles. The Morgan fingerprint density at radius 1 is 1.00 bits per heavy atom. The topological polar surface area (TPSA) is 81.4 Å². The first-order valence-corrected chi connectivity index (χ1v) is 10.3. The predicted octanol–water partition coefficient (Wildman–Crippen LogP) is 3.36. The van der Waals surface area contributed by atoms with Crippen LogP contribution < -0.4 is 11.1 Å². The second-order valence-electron chi connectivity index (χ2n) is 9.42. The summed E-state index contributed by atoms with van der Waals surface area (Å²) in [6.45, 7) is 0.512. The molecule has 1 unspecified atom stereocenters. The average molecular weight is 348 g/mol. The number of hydrogen-bond donors (Lipinski definition) is 2. The molecule has 0 aromatic heterocycles. The molecule has 0 heterocycles. The summed E-state index contributed by atoms with van der Waals surface area (Å²) in [7, 11) is 0. The smallest absolute Gasteiger partial charge is 0.407 e. The van der Waals surface area contributed by atoms with Gasteiger partial charge in [-0.15, -0.1) is 0 Å². The van der Waals surface area contributed by atoms with Crippen LogP contribution in [0.3, 0.4) is 0 Å². The molecule has 0 radical (unpaired) electrons. The van der Waals surface area contributed by atoms with E-state index in [0.29, 0.717) is 6.61 Å². The van der Waals surface area contributed by atoms with Gasteiger partial charge in [0.25, 0.3) is 0 Å². The quantitative estimate of drug-likeness (QED) is 0.799. The number of primary amides is 1. The Hall–Kier alpha value is -1.26. The lowest BCUT2D eigenvalue weighted by Crippen LogP contribution is -2.51. The summed E-state index contributed by atoms with van der Waals surface area (Å²) in [5.74, 6) is 2.27. The fourth-order valence-corrected chi connectivity index (χ4v) is 6.74. The fourth-order valence-electron chi connectivity index (χ4n) is 6.74. The monoisotopic (exact) mass is 348 g/mol. The van der Waals surface area contributed by atoms with Crippen LogP contribution in [0.25, 0.3) is 0 Å². The van der Waals surface area contributed by atoms with Gasteiger partial charge in [0, 0.05) is 5.41 Å². The van der Waals surface area contributed by atoms with Crippen molar-refractivity contribution in [3.8, 4) is 0 Å². The molecule has 0 saturated heterocycles. The van der Waals surface area contributed by atoms with Crippen LogP contribution in [-0.2, 0) is 9.53 Å². The second-order valence-corrected chi connectivity index (χ2v) is 9.42. The van der Waals surface area contributed by atoms with Crippen molar-refractivity contribution in [1.29, 1.82) is 0 Å². The predicted molar refractivity (Wildman–Crippen MR) is 94.6 cm³/mol. The fraction of sp³-hybridized carbons (Fsp3) is 0.900. The minimum absolute atomic E-state index is 0.165. The molecule has 25 heavy (non-hydrogen) atoms. The second kappa shape index (κ2) is 6.81. The molecule has 5 rings (SSSR count). The molecule has 5 fully saturated rings. The number of nitrogens with two attached hydrogens (primary N) is 1. The summed E-state index contributed by atoms with van der Waals surface area (Å²) >= 11 is 0. The van der Waals surface area contributed by atoms with Crippen LogP contribution in [0.1, 0.15) is 70.6 Å². The lowest BCUT2D eigenvalue weighted by Gasteiger charge is -2.56. The highest BCUT2D eigenvalue weighted by Gasteiger charge is 2.51. The molecular formula is C20H32N2O3. The van der Waals surface area contributed by atoms with Crippen molar-refractivity contribution in [3.05, 3.63) is 0 Å². The Labute approximate surface area is 150 Å². The number of nitrogens with one attached hydrogen (secondary N) is 1. The van der Waals surface area contributed by atoms with E-state index in [9.17, 15) is 9.59 Å². The molecule has 1 atom stereocenters. The molecule has 0 aromatic rings. The van der Waals surface area contributed by atoms with Crippen LogP contribution in [0.2, 0.25) is 0 Å². The Morgan fingerprint density at radius 2 is 1.56 bits per heavy atom. The third-order valence-corrected chi connectivity index (χ3v) is 7.38. The normalized spacial score (nSPS) is 38.3. The highest BCUT2D eigenvalue weighted by molar-refractivity contribution is 5.84. The van der Waals surface area contributed by atoms with Gasteiger partial charge in [0.2, 0.25) is 5.91 Å². The lowest BCUT2D eigenvalue weighted by atomic mass is 9.50. The van der Waals surface area contributed by atoms with Crippen molar-refractivity contribution in [3.63, 3.8) is 0 Å². The zero-order chi connectivity index (χ0) is 17.4. The summed E-state index contributed by atoms with van der Waals surface area (Å²) in [6, 6.07) is -0.579. The molecule has 3 N–H and O–H groups in total. The number of carbonyl (C=O) groups is 2. The maximum atomic E-state index is 12.4. The van der Waals surface area contributed by atoms with Crippen molar-refractivity contribution < 1.29 is 14.3 Å². The number of hydrogen-bond acceptors (Lipinski definition) is 3. The van der Waals surface area contributed by atoms with E-state index >= 15 is 0 Å². The highest BCUT2D eigenvalue weighted by atomic mass is 16.5. The standard InChI is InChI=1S/C20H32N2O3/c21-18(23)17(16-4-2-1-3-5-16)22-19(24)25-12-20-9-13-6-14(10-20)8-15(7-13)11-20/h13-17H,1-12H2,(H2,21,23)(H,22,24). The first kappa shape index (κ1) is 17.2. The summed E-state index contributed by atoms with van der Waals surface area (Å²) in [4.78, 5) is 24.2. The Bertz CT molecular complexity index is 492. The van der Waals surface area contributed by atoms with Gasteiger partial charge in [0.1, 0.15) is 6.04 Å². The van der Waals surface area contributed by atoms with Crippen molar-refractivity contribution in [2.75, 3.05) is 6.61 Å². The van der Waals surface area contributed by atoms with Crippen molar-refractivity contribution >= 4 is 12.0 Å². The summed E-state index contributed by atoms with van der Waals surface area (Å²) in [5, 5.41) is 2.78. The first-order valence-electron chi connectivity index (χ1n) is 10.3. The summed E-state index contributed by atoms with van der Waals surface area (Å²) in [6.07, 6.45) is 12.7. The SMILES string of the molecule is NC(=O)C(NC(=O)OCC12CC3CC(CC(C3)C1)C2)C1CCCCC1. The number of rotatable bonds is 5. The zero-order valence-electron chi connectivity index (χ0n) is 15.2. The van der Waals surface area contributed by atoms with E-state index in [1.54, 1.807) is 0 Å². The van der Waals surface area contributed by atoms with E-state index in [2.05, 4.69) is 5.32 Å². The van der Waals surface area contributed by atoms with Crippen LogP contribution >= 0.6 is 0 Å². The summed E-state index contributed by atoms with van der Waals surface area (Å²) in [5.41, 5.74) is 5.76. The largest absolute Gasteiger partial charge is 0.449 e. The van der Waals surface area contributed by atoms with Crippen molar-refractivity contribution in [2.45, 2.75) is 76.7 Å². The van der Waals surface area contributed by atoms with Gasteiger partial charge in [-0.25, -0.2) is 4.79 Å². The molecule has 5 nitrogen and oxygen atoms in total. The van der Waals surface area contributed by atoms with Crippen molar-refractivity contribution in [2.24, 2.45) is 34.8 Å². The Kier molecular flexibility index (Phi) is 4.67. The van der Waals surface area contributed by atoms with Gasteiger partial charge in [-0.2, -0.15) is 0 Å². The molecule has 5 heteroatoms. The van der Waals surface area contributed by atoms with Crippen molar-refractivity contribution in [1.82, 2.24) is 5.32 Å². The van der Waals surface area contributed by atoms with E-state index in [0.717, 1.165) is 43.4 Å². The van der Waals surface area contributed by atoms with Crippen LogP contribution in [0.5, 0.6) is 0 Å². The van der Waals surface area contributed by atoms with E-state index in [4.69, 9.17) is 10.5 Å². The third-order valence-electron chi connectivity index (χ3n) is 7.38. The van der Waals surface area contributed by atoms with Gasteiger partial charge in [-0.05, 0) is 75.0 Å². The maximum absolute atomic E-state index is 12.4. The number of amides is 2. The van der Waals surface area contributed by atoms with Gasteiger partial charge in [-0.1, -0.05) is 19.3 Å². The van der Waals surface area contributed by atoms with E-state index < -0.39 is 18.0 Å². The molecule has 4 bridgehead atoms. The van der Waals surface area contributed by atoms with Gasteiger partial charge in [0.15, 0.2) is 0 Å². The molecule has 0 aliphatic heterocycles. The van der Waals surface area contributed by atoms with Gasteiger partial charge < -0.3 is 15.8 Å². The highest BCUT2D eigenvalue weighted by Crippen LogP contribution is 2.60. The molecule has 0 aromatic carbocycles. The molecular weight excluding hydrogens is 316 g/mol. The van der Waals surface area contributed by atoms with Gasteiger partial charge in [-0.3, -0.25) is 4.79 Å². The average Bonchev–Trinajstić information content (AvgIpc) is 2.57. The molecule has 0 spiro atoms. The van der Waals surface area contributed by atoms with Gasteiger partial charge >= 0.3 is 6.09 Å². The van der Waals surface area contributed by atoms with E-state index in [-0.39, 0.29) is 11.3 Å². The molecule has 140 valence electrons. The third kappa shape index (κ3) is 3.65. The Morgan fingerprint density at radius 3 is 2.08 bits per heavy atom. The zero-order valence-corrected chi connectivity index (χ0v) is 15.2. The molecule has 5 aliphatic rings. The Balaban J connectivity index is 1.31. The van der Waals surface area contributed by atoms with Crippen LogP contribution in [-0.4, -0.2) is 24.6 Å². The number of alkyl carbamates (subject to hydrolysis) is 1. The first-order chi connectivity index (χ1) is 12.0. The van der Waals surface area contributed by atoms with E-state index in [1.807, 2.05) is 0 Å². The van der Waals surface area contributed by atoms with Crippen LogP contribution in [0, 0.1) is 29.1 Å². The number of ether oxygens (including phenoxy) is 1. The van der Waals surface area contributed by atoms with E-state index in [1.165, 1.54) is 44.9 Å². The summed E-state index contributed by atoms with van der Waals surface area (Å²) < 4.78 is 5.64. The molecule has 2 amide bonds. The number of carbonyl (C=O) groups excluding carboxylic acids is 2. The minimum atomic E-state index is -0.579. The van der Waals surface area contributed by atoms with Crippen LogP contribution in [0.15, 0.2) is 0 Å². The maximum Gasteiger partial charge on any atom is 0.407 e. The van der Waals surface area contributed by atoms with Gasteiger partial charge in [0.05, 0.1) is 6.61 Å². The molecule has 5 aliphatic carbocycles. The minimum Gasteiger partial charge on any atom is -0.449 e.